The zero-order chi connectivity index (χ0) is 19.2. The molecule has 6 aliphatic rings. The number of esters is 1. The van der Waals surface area contributed by atoms with E-state index in [1.807, 2.05) is 0 Å². The highest BCUT2D eigenvalue weighted by atomic mass is 16.7. The second kappa shape index (κ2) is 5.63. The summed E-state index contributed by atoms with van der Waals surface area (Å²) in [7, 11) is 0. The van der Waals surface area contributed by atoms with Gasteiger partial charge in [-0.05, 0) is 68.1 Å². The van der Waals surface area contributed by atoms with E-state index in [1.165, 1.54) is 32.1 Å². The summed E-state index contributed by atoms with van der Waals surface area (Å²) < 4.78 is 18.2. The number of hydrogen-bond acceptors (Lipinski definition) is 4. The number of rotatable bonds is 0. The molecule has 2 heterocycles. The second-order valence-electron chi connectivity index (χ2n) is 11.0. The van der Waals surface area contributed by atoms with Crippen molar-refractivity contribution in [1.29, 1.82) is 0 Å². The van der Waals surface area contributed by atoms with E-state index in [0.29, 0.717) is 17.8 Å². The molecule has 6 rings (SSSR count). The molecule has 0 radical (unpaired) electrons. The highest BCUT2D eigenvalue weighted by Gasteiger charge is 2.67. The summed E-state index contributed by atoms with van der Waals surface area (Å²) in [5.74, 6) is 1.91. The SMILES string of the molecule is C[C@]12CCC3(CC1=CC[C@@H]1[C@H]4CC[C@@]5(CCC(=O)O5)[C@@]4(C)CC[C@@H]12)OCCO3. The van der Waals surface area contributed by atoms with Crippen molar-refractivity contribution in [3.05, 3.63) is 11.6 Å². The molecule has 0 N–H and O–H groups in total. The van der Waals surface area contributed by atoms with E-state index in [4.69, 9.17) is 14.2 Å². The van der Waals surface area contributed by atoms with Crippen LogP contribution in [0, 0.1) is 28.6 Å². The molecule has 4 aliphatic carbocycles. The second-order valence-corrected chi connectivity index (χ2v) is 11.0. The van der Waals surface area contributed by atoms with Crippen molar-refractivity contribution >= 4 is 5.97 Å². The van der Waals surface area contributed by atoms with Crippen molar-refractivity contribution in [3.8, 4) is 0 Å². The Bertz CT molecular complexity index is 737. The lowest BCUT2D eigenvalue weighted by atomic mass is 9.46. The Morgan fingerprint density at radius 3 is 2.50 bits per heavy atom. The predicted octanol–water partition coefficient (Wildman–Crippen LogP) is 4.77. The largest absolute Gasteiger partial charge is 0.458 e. The molecule has 3 saturated carbocycles. The maximum Gasteiger partial charge on any atom is 0.306 e. The number of fused-ring (bicyclic) bond motifs is 6. The van der Waals surface area contributed by atoms with Gasteiger partial charge in [0.05, 0.1) is 13.2 Å². The van der Waals surface area contributed by atoms with Crippen LogP contribution in [0.4, 0.5) is 0 Å². The highest BCUT2D eigenvalue weighted by Crippen LogP contribution is 2.69. The molecule has 0 unspecified atom stereocenters. The quantitative estimate of drug-likeness (QED) is 0.444. The van der Waals surface area contributed by atoms with E-state index in [1.54, 1.807) is 5.57 Å². The average Bonchev–Trinajstić information content (AvgIpc) is 3.36. The Kier molecular flexibility index (Phi) is 3.61. The van der Waals surface area contributed by atoms with Crippen LogP contribution < -0.4 is 0 Å². The van der Waals surface area contributed by atoms with Crippen molar-refractivity contribution < 1.29 is 19.0 Å². The fourth-order valence-corrected chi connectivity index (χ4v) is 8.64. The molecule has 28 heavy (non-hydrogen) atoms. The van der Waals surface area contributed by atoms with Gasteiger partial charge in [-0.1, -0.05) is 25.5 Å². The van der Waals surface area contributed by atoms with Crippen LogP contribution in [-0.2, 0) is 19.0 Å². The Morgan fingerprint density at radius 1 is 0.964 bits per heavy atom. The predicted molar refractivity (Wildman–Crippen MR) is 104 cm³/mol. The maximum absolute atomic E-state index is 12.0. The Labute approximate surface area is 168 Å². The van der Waals surface area contributed by atoms with Crippen LogP contribution in [0.25, 0.3) is 0 Å². The minimum Gasteiger partial charge on any atom is -0.458 e. The first kappa shape index (κ1) is 17.9. The van der Waals surface area contributed by atoms with Crippen LogP contribution >= 0.6 is 0 Å². The molecule has 4 nitrogen and oxygen atoms in total. The van der Waals surface area contributed by atoms with Gasteiger partial charge in [0, 0.05) is 24.7 Å². The minimum absolute atomic E-state index is 0.0379. The summed E-state index contributed by atoms with van der Waals surface area (Å²) in [6, 6.07) is 0. The van der Waals surface area contributed by atoms with Crippen LogP contribution in [0.1, 0.15) is 78.1 Å². The van der Waals surface area contributed by atoms with Gasteiger partial charge in [-0.2, -0.15) is 0 Å². The molecule has 0 amide bonds. The van der Waals surface area contributed by atoms with Gasteiger partial charge in [-0.15, -0.1) is 0 Å². The molecule has 5 fully saturated rings. The van der Waals surface area contributed by atoms with Gasteiger partial charge in [-0.3, -0.25) is 4.79 Å². The van der Waals surface area contributed by atoms with Gasteiger partial charge in [-0.25, -0.2) is 0 Å². The first-order valence-corrected chi connectivity index (χ1v) is 11.6. The normalized spacial score (nSPS) is 51.6. The van der Waals surface area contributed by atoms with E-state index >= 15 is 0 Å². The highest BCUT2D eigenvalue weighted by molar-refractivity contribution is 5.72. The smallest absolute Gasteiger partial charge is 0.306 e. The van der Waals surface area contributed by atoms with Crippen molar-refractivity contribution in [2.75, 3.05) is 13.2 Å². The maximum atomic E-state index is 12.0. The lowest BCUT2D eigenvalue weighted by molar-refractivity contribution is -0.189. The van der Waals surface area contributed by atoms with Gasteiger partial charge < -0.3 is 14.2 Å². The summed E-state index contributed by atoms with van der Waals surface area (Å²) in [6.07, 6.45) is 13.3. The topological polar surface area (TPSA) is 44.8 Å². The van der Waals surface area contributed by atoms with E-state index in [-0.39, 0.29) is 22.8 Å². The van der Waals surface area contributed by atoms with E-state index < -0.39 is 0 Å². The first-order valence-electron chi connectivity index (χ1n) is 11.6. The summed E-state index contributed by atoms with van der Waals surface area (Å²) in [5, 5.41) is 0. The zero-order valence-corrected chi connectivity index (χ0v) is 17.4. The van der Waals surface area contributed by atoms with E-state index in [0.717, 1.165) is 50.7 Å². The third-order valence-electron chi connectivity index (χ3n) is 10.3. The summed E-state index contributed by atoms with van der Waals surface area (Å²) in [4.78, 5) is 12.0. The molecule has 6 atom stereocenters. The number of carbonyl (C=O) groups excluding carboxylic acids is 1. The summed E-state index contributed by atoms with van der Waals surface area (Å²) in [6.45, 7) is 6.48. The standard InChI is InChI=1S/C24H34O4/c1-21-11-12-24(26-13-14-27-24)15-16(21)3-4-17-18(21)5-8-22(2)19(17)6-9-23(22)10-7-20(25)28-23/h3,17-19H,4-15H2,1-2H3/t17-,18-,19+,21-,22-,23+/m0/s1. The Morgan fingerprint density at radius 2 is 1.75 bits per heavy atom. The van der Waals surface area contributed by atoms with Crippen LogP contribution in [0.5, 0.6) is 0 Å². The van der Waals surface area contributed by atoms with Crippen LogP contribution in [-0.4, -0.2) is 30.6 Å². The van der Waals surface area contributed by atoms with Crippen molar-refractivity contribution in [1.82, 2.24) is 0 Å². The van der Waals surface area contributed by atoms with E-state index in [9.17, 15) is 4.79 Å². The fraction of sp³-hybridized carbons (Fsp3) is 0.875. The third kappa shape index (κ3) is 2.12. The molecule has 2 aliphatic heterocycles. The lowest BCUT2D eigenvalue weighted by Crippen LogP contribution is -2.55. The van der Waals surface area contributed by atoms with Crippen LogP contribution in [0.2, 0.25) is 0 Å². The average molecular weight is 387 g/mol. The molecule has 154 valence electrons. The Hall–Kier alpha value is -0.870. The summed E-state index contributed by atoms with van der Waals surface area (Å²) in [5.41, 5.74) is 1.92. The molecular formula is C24H34O4. The van der Waals surface area contributed by atoms with Gasteiger partial charge in [0.15, 0.2) is 5.79 Å². The molecule has 0 aromatic heterocycles. The number of allylic oxidation sites excluding steroid dienone is 1. The minimum atomic E-state index is -0.323. The molecule has 4 heteroatoms. The van der Waals surface area contributed by atoms with Crippen LogP contribution in [0.3, 0.4) is 0 Å². The molecular weight excluding hydrogens is 352 g/mol. The van der Waals surface area contributed by atoms with Gasteiger partial charge in [0.2, 0.25) is 0 Å². The number of carbonyl (C=O) groups is 1. The van der Waals surface area contributed by atoms with E-state index in [2.05, 4.69) is 19.9 Å². The van der Waals surface area contributed by atoms with Gasteiger partial charge in [0.25, 0.3) is 0 Å². The molecule has 2 saturated heterocycles. The number of ether oxygens (including phenoxy) is 3. The monoisotopic (exact) mass is 386 g/mol. The zero-order valence-electron chi connectivity index (χ0n) is 17.4. The van der Waals surface area contributed by atoms with Gasteiger partial charge >= 0.3 is 5.97 Å². The van der Waals surface area contributed by atoms with Crippen molar-refractivity contribution in [3.63, 3.8) is 0 Å². The van der Waals surface area contributed by atoms with Crippen molar-refractivity contribution in [2.24, 2.45) is 28.6 Å². The first-order chi connectivity index (χ1) is 13.4. The van der Waals surface area contributed by atoms with Crippen LogP contribution in [0.15, 0.2) is 11.6 Å². The van der Waals surface area contributed by atoms with Crippen molar-refractivity contribution in [2.45, 2.75) is 89.4 Å². The summed E-state index contributed by atoms with van der Waals surface area (Å²) >= 11 is 0. The molecule has 0 aromatic rings. The lowest BCUT2D eigenvalue weighted by Gasteiger charge is -2.59. The molecule has 2 spiro atoms. The Balaban J connectivity index is 1.31. The number of hydrogen-bond donors (Lipinski definition) is 0. The molecule has 0 bridgehead atoms. The molecule has 0 aromatic carbocycles. The third-order valence-corrected chi connectivity index (χ3v) is 10.3. The van der Waals surface area contributed by atoms with Gasteiger partial charge in [0.1, 0.15) is 5.60 Å². The fourth-order valence-electron chi connectivity index (χ4n) is 8.64.